The number of ether oxygens (including phenoxy) is 6. The van der Waals surface area contributed by atoms with E-state index in [-0.39, 0.29) is 68.0 Å². The SMILES string of the molecule is CC(C)(C)C(=O)OCOC(=O)C(C)(C)C.CC(C)C(=O)OCOC(=O)C(C)C.CCC(=O)OCOC(=O)CC. The summed E-state index contributed by atoms with van der Waals surface area (Å²) in [5.41, 5.74) is -1.15. The Morgan fingerprint density at radius 1 is 0.487 bits per heavy atom. The number of hydrogen-bond acceptors (Lipinski definition) is 12. The zero-order valence-corrected chi connectivity index (χ0v) is 25.6. The maximum atomic E-state index is 11.3. The molecule has 12 heteroatoms. The lowest BCUT2D eigenvalue weighted by Gasteiger charge is -2.19. The smallest absolute Gasteiger partial charge is 0.314 e. The van der Waals surface area contributed by atoms with E-state index in [1.54, 1.807) is 83.1 Å². The van der Waals surface area contributed by atoms with E-state index >= 15 is 0 Å². The molecule has 0 aliphatic rings. The van der Waals surface area contributed by atoms with Crippen LogP contribution in [0.25, 0.3) is 0 Å². The highest BCUT2D eigenvalue weighted by molar-refractivity contribution is 5.77. The Balaban J connectivity index is -0.000000505. The molecule has 39 heavy (non-hydrogen) atoms. The third-order valence-electron chi connectivity index (χ3n) is 3.97. The van der Waals surface area contributed by atoms with Gasteiger partial charge in [-0.3, -0.25) is 28.8 Å². The van der Waals surface area contributed by atoms with Crippen LogP contribution in [0.2, 0.25) is 0 Å². The quantitative estimate of drug-likeness (QED) is 0.210. The van der Waals surface area contributed by atoms with Crippen LogP contribution in [0.5, 0.6) is 0 Å². The summed E-state index contributed by atoms with van der Waals surface area (Å²) in [6.07, 6.45) is 0.591. The molecule has 228 valence electrons. The molecule has 0 bridgehead atoms. The van der Waals surface area contributed by atoms with Gasteiger partial charge in [-0.05, 0) is 41.5 Å². The van der Waals surface area contributed by atoms with Gasteiger partial charge in [-0.2, -0.15) is 0 Å². The summed E-state index contributed by atoms with van der Waals surface area (Å²) in [5, 5.41) is 0. The van der Waals surface area contributed by atoms with E-state index in [4.69, 9.17) is 9.47 Å². The summed E-state index contributed by atoms with van der Waals surface area (Å²) in [6, 6.07) is 0. The van der Waals surface area contributed by atoms with E-state index in [0.717, 1.165) is 0 Å². The lowest BCUT2D eigenvalue weighted by molar-refractivity contribution is -0.178. The highest BCUT2D eigenvalue weighted by Gasteiger charge is 2.26. The highest BCUT2D eigenvalue weighted by atomic mass is 16.7. The van der Waals surface area contributed by atoms with Gasteiger partial charge in [0.15, 0.2) is 0 Å². The van der Waals surface area contributed by atoms with Crippen molar-refractivity contribution in [2.24, 2.45) is 22.7 Å². The Bertz CT molecular complexity index is 709. The van der Waals surface area contributed by atoms with E-state index in [9.17, 15) is 28.8 Å². The van der Waals surface area contributed by atoms with Gasteiger partial charge < -0.3 is 28.4 Å². The number of rotatable bonds is 10. The minimum Gasteiger partial charge on any atom is -0.428 e. The van der Waals surface area contributed by atoms with E-state index in [1.165, 1.54) is 0 Å². The van der Waals surface area contributed by atoms with Crippen LogP contribution in [-0.4, -0.2) is 56.2 Å². The van der Waals surface area contributed by atoms with Crippen molar-refractivity contribution in [3.8, 4) is 0 Å². The molecule has 0 aromatic carbocycles. The zero-order valence-electron chi connectivity index (χ0n) is 25.6. The molecule has 0 heterocycles. The Morgan fingerprint density at radius 3 is 0.974 bits per heavy atom. The lowest BCUT2D eigenvalue weighted by atomic mass is 9.97. The summed E-state index contributed by atoms with van der Waals surface area (Å²) in [6.45, 7) is 19.8. The van der Waals surface area contributed by atoms with Gasteiger partial charge in [0.05, 0.1) is 22.7 Å². The summed E-state index contributed by atoms with van der Waals surface area (Å²) >= 11 is 0. The summed E-state index contributed by atoms with van der Waals surface area (Å²) in [7, 11) is 0. The second-order valence-corrected chi connectivity index (χ2v) is 10.7. The van der Waals surface area contributed by atoms with Gasteiger partial charge in [0, 0.05) is 12.8 Å². The molecular formula is C27H48O12. The first-order valence-corrected chi connectivity index (χ1v) is 12.7. The third-order valence-corrected chi connectivity index (χ3v) is 3.97. The van der Waals surface area contributed by atoms with Gasteiger partial charge in [-0.15, -0.1) is 0 Å². The molecule has 0 rings (SSSR count). The fraction of sp³-hybridized carbons (Fsp3) is 0.778. The van der Waals surface area contributed by atoms with Crippen molar-refractivity contribution < 1.29 is 57.2 Å². The van der Waals surface area contributed by atoms with Crippen molar-refractivity contribution in [1.82, 2.24) is 0 Å². The van der Waals surface area contributed by atoms with Gasteiger partial charge in [-0.1, -0.05) is 41.5 Å². The maximum Gasteiger partial charge on any atom is 0.314 e. The van der Waals surface area contributed by atoms with Crippen LogP contribution < -0.4 is 0 Å². The molecule has 0 fully saturated rings. The second kappa shape index (κ2) is 20.7. The molecule has 0 saturated carbocycles. The molecule has 0 unspecified atom stereocenters. The molecule has 0 spiro atoms. The van der Waals surface area contributed by atoms with Crippen LogP contribution in [0, 0.1) is 22.7 Å². The van der Waals surface area contributed by atoms with Crippen LogP contribution in [0.4, 0.5) is 0 Å². The fourth-order valence-corrected chi connectivity index (χ4v) is 1.41. The third kappa shape index (κ3) is 24.9. The topological polar surface area (TPSA) is 158 Å². The number of carbonyl (C=O) groups excluding carboxylic acids is 6. The molecule has 0 aliphatic carbocycles. The van der Waals surface area contributed by atoms with Gasteiger partial charge in [0.2, 0.25) is 20.4 Å². The minimum absolute atomic E-state index is 0.197. The lowest BCUT2D eigenvalue weighted by Crippen LogP contribution is -2.28. The van der Waals surface area contributed by atoms with Crippen molar-refractivity contribution >= 4 is 35.8 Å². The van der Waals surface area contributed by atoms with Gasteiger partial charge in [0.1, 0.15) is 0 Å². The first-order chi connectivity index (χ1) is 17.7. The van der Waals surface area contributed by atoms with Crippen molar-refractivity contribution in [1.29, 1.82) is 0 Å². The maximum absolute atomic E-state index is 11.3. The van der Waals surface area contributed by atoms with Crippen LogP contribution in [0.1, 0.15) is 95.9 Å². The molecule has 0 radical (unpaired) electrons. The predicted molar refractivity (Wildman–Crippen MR) is 140 cm³/mol. The van der Waals surface area contributed by atoms with Crippen molar-refractivity contribution in [3.05, 3.63) is 0 Å². The number of hydrogen-bond donors (Lipinski definition) is 0. The Hall–Kier alpha value is -3.18. The molecule has 0 N–H and O–H groups in total. The first-order valence-electron chi connectivity index (χ1n) is 12.7. The van der Waals surface area contributed by atoms with Gasteiger partial charge >= 0.3 is 35.8 Å². The van der Waals surface area contributed by atoms with Crippen LogP contribution in [0.3, 0.4) is 0 Å². The summed E-state index contributed by atoms with van der Waals surface area (Å²) in [4.78, 5) is 65.3. The van der Waals surface area contributed by atoms with Crippen molar-refractivity contribution in [2.45, 2.75) is 95.9 Å². The normalized spacial score (nSPS) is 10.6. The van der Waals surface area contributed by atoms with E-state index in [1.807, 2.05) is 0 Å². The summed E-state index contributed by atoms with van der Waals surface area (Å²) < 4.78 is 27.8. The molecule has 12 nitrogen and oxygen atoms in total. The molecule has 0 aromatic rings. The Morgan fingerprint density at radius 2 is 0.744 bits per heavy atom. The average Bonchev–Trinajstić information content (AvgIpc) is 2.82. The van der Waals surface area contributed by atoms with Crippen LogP contribution >= 0.6 is 0 Å². The minimum atomic E-state index is -0.575. The second-order valence-electron chi connectivity index (χ2n) is 10.7. The standard InChI is InChI=1S/C11H20O4.C9H16O4.C7H12O4/c1-10(2,3)8(12)14-7-15-9(13)11(4,5)6;1-6(2)8(10)12-5-13-9(11)7(3)4;1-3-6(8)10-5-11-7(9)4-2/h7H2,1-6H3;6-7H,5H2,1-4H3;3-5H2,1-2H3. The average molecular weight is 565 g/mol. The van der Waals surface area contributed by atoms with Crippen molar-refractivity contribution in [3.63, 3.8) is 0 Å². The molecule has 0 aliphatic heterocycles. The Kier molecular flexibility index (Phi) is 21.4. The summed E-state index contributed by atoms with van der Waals surface area (Å²) in [5.74, 6) is -2.63. The highest BCUT2D eigenvalue weighted by Crippen LogP contribution is 2.17. The van der Waals surface area contributed by atoms with E-state index in [2.05, 4.69) is 18.9 Å². The Labute approximate surface area is 232 Å². The zero-order chi connectivity index (χ0) is 31.4. The van der Waals surface area contributed by atoms with Gasteiger partial charge in [-0.25, -0.2) is 0 Å². The fourth-order valence-electron chi connectivity index (χ4n) is 1.41. The molecule has 0 atom stereocenters. The van der Waals surface area contributed by atoms with E-state index < -0.39 is 10.8 Å². The number of esters is 6. The number of carbonyl (C=O) groups is 6. The van der Waals surface area contributed by atoms with E-state index in [0.29, 0.717) is 12.8 Å². The largest absolute Gasteiger partial charge is 0.428 e. The monoisotopic (exact) mass is 564 g/mol. The predicted octanol–water partition coefficient (Wildman–Crippen LogP) is 4.32. The van der Waals surface area contributed by atoms with Crippen LogP contribution in [-0.2, 0) is 57.2 Å². The molecule has 0 aromatic heterocycles. The van der Waals surface area contributed by atoms with Gasteiger partial charge in [0.25, 0.3) is 0 Å². The van der Waals surface area contributed by atoms with Crippen molar-refractivity contribution in [2.75, 3.05) is 20.4 Å². The first kappa shape index (κ1) is 40.3. The molecule has 0 saturated heterocycles. The molecular weight excluding hydrogens is 516 g/mol. The molecule has 0 amide bonds. The van der Waals surface area contributed by atoms with Crippen LogP contribution in [0.15, 0.2) is 0 Å².